The highest BCUT2D eigenvalue weighted by Crippen LogP contribution is 2.15. The second-order valence-corrected chi connectivity index (χ2v) is 7.63. The minimum atomic E-state index is -0.663. The molecular weight excluding hydrogens is 390 g/mol. The zero-order valence-electron chi connectivity index (χ0n) is 16.7. The molecule has 0 bridgehead atoms. The molecule has 1 atom stereocenters. The molecule has 0 aliphatic heterocycles. The number of nitrogens with one attached hydrogen (secondary N) is 1. The highest BCUT2D eigenvalue weighted by atomic mass is 35.5. The van der Waals surface area contributed by atoms with Crippen LogP contribution in [0.4, 0.5) is 0 Å². The number of aryl methyl sites for hydroxylation is 1. The Labute approximate surface area is 175 Å². The van der Waals surface area contributed by atoms with E-state index in [0.717, 1.165) is 24.3 Å². The smallest absolute Gasteiger partial charge is 0.258 e. The number of aromatic nitrogens is 2. The second-order valence-electron chi connectivity index (χ2n) is 7.19. The van der Waals surface area contributed by atoms with Crippen LogP contribution in [0.25, 0.3) is 10.9 Å². The normalized spacial score (nSPS) is 12.4. The molecule has 0 aliphatic rings. The number of nitrogens with zero attached hydrogens (tertiary/aromatic N) is 2. The number of fused-ring (bicyclic) bond motifs is 1. The van der Waals surface area contributed by atoms with Crippen LogP contribution in [-0.2, 0) is 6.54 Å². The third-order valence-electron chi connectivity index (χ3n) is 4.53. The summed E-state index contributed by atoms with van der Waals surface area (Å²) in [7, 11) is 0. The molecule has 0 amide bonds. The van der Waals surface area contributed by atoms with Crippen molar-refractivity contribution < 1.29 is 9.84 Å². The number of H-pyrrole nitrogens is 1. The molecule has 3 rings (SSSR count). The number of benzene rings is 2. The van der Waals surface area contributed by atoms with Crippen molar-refractivity contribution in [3.05, 3.63) is 69.2 Å². The summed E-state index contributed by atoms with van der Waals surface area (Å²) in [5.41, 5.74) is 1.48. The van der Waals surface area contributed by atoms with Gasteiger partial charge in [-0.15, -0.1) is 0 Å². The molecule has 6 nitrogen and oxygen atoms in total. The van der Waals surface area contributed by atoms with Crippen LogP contribution in [0.5, 0.6) is 5.75 Å². The summed E-state index contributed by atoms with van der Waals surface area (Å²) in [6, 6.07) is 12.8. The van der Waals surface area contributed by atoms with Gasteiger partial charge in [0.05, 0.1) is 17.4 Å². The van der Waals surface area contributed by atoms with E-state index in [-0.39, 0.29) is 12.2 Å². The summed E-state index contributed by atoms with van der Waals surface area (Å²) in [5, 5.41) is 11.5. The van der Waals surface area contributed by atoms with Gasteiger partial charge in [0, 0.05) is 11.6 Å². The number of aliphatic hydroxyl groups is 1. The summed E-state index contributed by atoms with van der Waals surface area (Å²) in [6.45, 7) is 5.86. The molecule has 29 heavy (non-hydrogen) atoms. The Morgan fingerprint density at radius 3 is 2.86 bits per heavy atom. The van der Waals surface area contributed by atoms with Gasteiger partial charge >= 0.3 is 0 Å². The van der Waals surface area contributed by atoms with Crippen molar-refractivity contribution in [2.24, 2.45) is 0 Å². The fourth-order valence-electron chi connectivity index (χ4n) is 3.25. The van der Waals surface area contributed by atoms with Crippen LogP contribution < -0.4 is 10.3 Å². The van der Waals surface area contributed by atoms with E-state index < -0.39 is 6.10 Å². The predicted octanol–water partition coefficient (Wildman–Crippen LogP) is 3.54. The van der Waals surface area contributed by atoms with Gasteiger partial charge in [0.1, 0.15) is 24.3 Å². The molecular formula is C22H26ClN3O3. The Balaban J connectivity index is 1.66. The SMILES string of the molecule is CCCN(Cc1nc2cc(Cl)ccc2c(=O)[nH]1)CC(O)COc1cccc(C)c1. The highest BCUT2D eigenvalue weighted by molar-refractivity contribution is 6.31. The van der Waals surface area contributed by atoms with Crippen molar-refractivity contribution in [2.45, 2.75) is 32.9 Å². The third-order valence-corrected chi connectivity index (χ3v) is 4.77. The monoisotopic (exact) mass is 415 g/mol. The molecule has 2 aromatic carbocycles. The van der Waals surface area contributed by atoms with Gasteiger partial charge in [0.25, 0.3) is 5.56 Å². The first-order valence-electron chi connectivity index (χ1n) is 9.73. The highest BCUT2D eigenvalue weighted by Gasteiger charge is 2.15. The number of aliphatic hydroxyl groups excluding tert-OH is 1. The number of hydrogen-bond acceptors (Lipinski definition) is 5. The van der Waals surface area contributed by atoms with Crippen molar-refractivity contribution in [1.29, 1.82) is 0 Å². The van der Waals surface area contributed by atoms with E-state index in [9.17, 15) is 9.90 Å². The zero-order chi connectivity index (χ0) is 20.8. The Hall–Kier alpha value is -2.41. The van der Waals surface area contributed by atoms with Gasteiger partial charge < -0.3 is 14.8 Å². The minimum Gasteiger partial charge on any atom is -0.491 e. The van der Waals surface area contributed by atoms with E-state index in [1.54, 1.807) is 18.2 Å². The van der Waals surface area contributed by atoms with Crippen molar-refractivity contribution in [3.63, 3.8) is 0 Å². The molecule has 3 aromatic rings. The largest absolute Gasteiger partial charge is 0.491 e. The lowest BCUT2D eigenvalue weighted by atomic mass is 10.2. The fraction of sp³-hybridized carbons (Fsp3) is 0.364. The van der Waals surface area contributed by atoms with Crippen LogP contribution in [0.15, 0.2) is 47.3 Å². The predicted molar refractivity (Wildman–Crippen MR) is 116 cm³/mol. The number of rotatable bonds is 9. The Morgan fingerprint density at radius 1 is 1.28 bits per heavy atom. The number of hydrogen-bond donors (Lipinski definition) is 2. The van der Waals surface area contributed by atoms with Crippen LogP contribution in [-0.4, -0.2) is 45.8 Å². The van der Waals surface area contributed by atoms with Crippen LogP contribution in [0.1, 0.15) is 24.7 Å². The molecule has 1 unspecified atom stereocenters. The maximum atomic E-state index is 12.3. The average molecular weight is 416 g/mol. The van der Waals surface area contributed by atoms with Crippen molar-refractivity contribution in [2.75, 3.05) is 19.7 Å². The van der Waals surface area contributed by atoms with Crippen LogP contribution in [0.3, 0.4) is 0 Å². The van der Waals surface area contributed by atoms with E-state index in [1.165, 1.54) is 0 Å². The number of ether oxygens (including phenoxy) is 1. The van der Waals surface area contributed by atoms with Gasteiger partial charge in [-0.05, 0) is 55.8 Å². The lowest BCUT2D eigenvalue weighted by Crippen LogP contribution is -2.36. The topological polar surface area (TPSA) is 78.5 Å². The summed E-state index contributed by atoms with van der Waals surface area (Å²) in [4.78, 5) is 21.8. The third kappa shape index (κ3) is 6.03. The van der Waals surface area contributed by atoms with Crippen molar-refractivity contribution in [3.8, 4) is 5.75 Å². The van der Waals surface area contributed by atoms with Crippen LogP contribution >= 0.6 is 11.6 Å². The standard InChI is InChI=1S/C22H26ClN3O3/c1-3-9-26(12-17(27)14-29-18-6-4-5-15(2)10-18)13-21-24-20-11-16(23)7-8-19(20)22(28)25-21/h4-8,10-11,17,27H,3,9,12-14H2,1-2H3,(H,24,25,28). The Morgan fingerprint density at radius 2 is 2.10 bits per heavy atom. The lowest BCUT2D eigenvalue weighted by molar-refractivity contribution is 0.0647. The minimum absolute atomic E-state index is 0.193. The van der Waals surface area contributed by atoms with E-state index in [0.29, 0.717) is 34.8 Å². The molecule has 7 heteroatoms. The molecule has 154 valence electrons. The van der Waals surface area contributed by atoms with Crippen molar-refractivity contribution in [1.82, 2.24) is 14.9 Å². The van der Waals surface area contributed by atoms with Crippen LogP contribution in [0, 0.1) is 6.92 Å². The first-order valence-corrected chi connectivity index (χ1v) is 10.1. The summed E-state index contributed by atoms with van der Waals surface area (Å²) in [6.07, 6.45) is 0.249. The average Bonchev–Trinajstić information content (AvgIpc) is 2.66. The fourth-order valence-corrected chi connectivity index (χ4v) is 3.41. The summed E-state index contributed by atoms with van der Waals surface area (Å²) in [5.74, 6) is 1.29. The lowest BCUT2D eigenvalue weighted by Gasteiger charge is -2.24. The Kier molecular flexibility index (Phi) is 7.25. The summed E-state index contributed by atoms with van der Waals surface area (Å²) < 4.78 is 5.70. The molecule has 1 aromatic heterocycles. The number of halogens is 1. The first-order chi connectivity index (χ1) is 13.9. The van der Waals surface area contributed by atoms with E-state index in [2.05, 4.69) is 21.8 Å². The van der Waals surface area contributed by atoms with Gasteiger partial charge in [0.2, 0.25) is 0 Å². The Bertz CT molecular complexity index is 1020. The van der Waals surface area contributed by atoms with Gasteiger partial charge in [0.15, 0.2) is 0 Å². The van der Waals surface area contributed by atoms with Gasteiger partial charge in [-0.3, -0.25) is 9.69 Å². The molecule has 0 radical (unpaired) electrons. The second kappa shape index (κ2) is 9.87. The maximum Gasteiger partial charge on any atom is 0.258 e. The van der Waals surface area contributed by atoms with Gasteiger partial charge in [-0.25, -0.2) is 4.98 Å². The van der Waals surface area contributed by atoms with Gasteiger partial charge in [-0.2, -0.15) is 0 Å². The van der Waals surface area contributed by atoms with E-state index in [1.807, 2.05) is 31.2 Å². The molecule has 0 fully saturated rings. The zero-order valence-corrected chi connectivity index (χ0v) is 17.4. The molecule has 1 heterocycles. The van der Waals surface area contributed by atoms with Crippen LogP contribution in [0.2, 0.25) is 5.02 Å². The van der Waals surface area contributed by atoms with E-state index in [4.69, 9.17) is 16.3 Å². The van der Waals surface area contributed by atoms with Gasteiger partial charge in [-0.1, -0.05) is 30.7 Å². The summed E-state index contributed by atoms with van der Waals surface area (Å²) >= 11 is 6.03. The number of aromatic amines is 1. The van der Waals surface area contributed by atoms with E-state index >= 15 is 0 Å². The van der Waals surface area contributed by atoms with Crippen molar-refractivity contribution >= 4 is 22.5 Å². The molecule has 2 N–H and O–H groups in total. The molecule has 0 saturated heterocycles. The first kappa shape index (κ1) is 21.3. The molecule has 0 spiro atoms. The quantitative estimate of drug-likeness (QED) is 0.559. The maximum absolute atomic E-state index is 12.3. The molecule has 0 saturated carbocycles. The molecule has 0 aliphatic carbocycles.